The van der Waals surface area contributed by atoms with Crippen LogP contribution < -0.4 is 0 Å². The highest BCUT2D eigenvalue weighted by molar-refractivity contribution is 8.13. The minimum atomic E-state index is -0.200. The number of piperidine rings is 1. The Balaban J connectivity index is 1.12. The molecule has 0 aliphatic carbocycles. The Morgan fingerprint density at radius 3 is 2.68 bits per heavy atom. The summed E-state index contributed by atoms with van der Waals surface area (Å²) in [7, 11) is 2.21. The third-order valence-corrected chi connectivity index (χ3v) is 7.26. The molecule has 31 heavy (non-hydrogen) atoms. The van der Waals surface area contributed by atoms with Crippen molar-refractivity contribution in [3.8, 4) is 0 Å². The highest BCUT2D eigenvalue weighted by Gasteiger charge is 2.26. The van der Waals surface area contributed by atoms with Gasteiger partial charge in [-0.3, -0.25) is 0 Å². The predicted molar refractivity (Wildman–Crippen MR) is 127 cm³/mol. The zero-order chi connectivity index (χ0) is 21.5. The van der Waals surface area contributed by atoms with Crippen LogP contribution in [0.4, 0.5) is 10.1 Å². The molecular formula is C25H32FN3OS. The van der Waals surface area contributed by atoms with E-state index in [4.69, 9.17) is 9.73 Å². The number of para-hydroxylation sites is 1. The molecule has 0 aromatic heterocycles. The summed E-state index contributed by atoms with van der Waals surface area (Å²) in [6.45, 7) is 4.76. The molecule has 2 heterocycles. The number of amidine groups is 1. The van der Waals surface area contributed by atoms with Gasteiger partial charge in [0.05, 0.1) is 12.3 Å². The van der Waals surface area contributed by atoms with Gasteiger partial charge >= 0.3 is 0 Å². The van der Waals surface area contributed by atoms with Crippen LogP contribution in [0.2, 0.25) is 0 Å². The highest BCUT2D eigenvalue weighted by atomic mass is 32.2. The number of rotatable bonds is 8. The van der Waals surface area contributed by atoms with E-state index < -0.39 is 0 Å². The number of nitrogens with zero attached hydrogens (tertiary/aromatic N) is 3. The first-order chi connectivity index (χ1) is 15.2. The molecule has 2 aliphatic rings. The van der Waals surface area contributed by atoms with E-state index in [1.54, 1.807) is 12.1 Å². The normalized spacial score (nSPS) is 17.3. The monoisotopic (exact) mass is 441 g/mol. The molecule has 0 atom stereocenters. The maximum atomic E-state index is 12.9. The van der Waals surface area contributed by atoms with Crippen molar-refractivity contribution in [3.05, 3.63) is 65.5 Å². The number of hydrogen-bond acceptors (Lipinski definition) is 5. The average Bonchev–Trinajstić information content (AvgIpc) is 2.82. The Morgan fingerprint density at radius 2 is 1.87 bits per heavy atom. The number of aliphatic imine (C=N–C) groups is 1. The molecule has 4 rings (SSSR count). The number of benzene rings is 2. The molecule has 0 radical (unpaired) electrons. The Labute approximate surface area is 189 Å². The van der Waals surface area contributed by atoms with Gasteiger partial charge in [0.2, 0.25) is 0 Å². The molecule has 0 spiro atoms. The summed E-state index contributed by atoms with van der Waals surface area (Å²) in [6.07, 6.45) is 4.61. The fourth-order valence-corrected chi connectivity index (χ4v) is 5.24. The summed E-state index contributed by atoms with van der Waals surface area (Å²) >= 11 is 1.86. The van der Waals surface area contributed by atoms with Crippen LogP contribution in [-0.2, 0) is 17.1 Å². The van der Waals surface area contributed by atoms with Crippen molar-refractivity contribution >= 4 is 22.6 Å². The molecule has 0 N–H and O–H groups in total. The molecule has 4 nitrogen and oxygen atoms in total. The zero-order valence-corrected chi connectivity index (χ0v) is 19.1. The zero-order valence-electron chi connectivity index (χ0n) is 18.3. The number of fused-ring (bicyclic) bond motifs is 1. The van der Waals surface area contributed by atoms with Crippen LogP contribution in [0, 0.1) is 5.82 Å². The van der Waals surface area contributed by atoms with Gasteiger partial charge in [-0.25, -0.2) is 9.38 Å². The number of unbranched alkanes of at least 4 members (excludes halogenated alkanes) is 1. The topological polar surface area (TPSA) is 28.1 Å². The van der Waals surface area contributed by atoms with Gasteiger partial charge in [0.25, 0.3) is 0 Å². The molecule has 1 saturated heterocycles. The molecule has 6 heteroatoms. The van der Waals surface area contributed by atoms with Crippen LogP contribution in [0.1, 0.15) is 36.8 Å². The molecule has 0 saturated carbocycles. The van der Waals surface area contributed by atoms with E-state index >= 15 is 0 Å². The van der Waals surface area contributed by atoms with E-state index in [1.807, 2.05) is 11.8 Å². The lowest BCUT2D eigenvalue weighted by atomic mass is 10.0. The minimum absolute atomic E-state index is 0.200. The Bertz CT molecular complexity index is 865. The van der Waals surface area contributed by atoms with Crippen LogP contribution in [0.15, 0.2) is 53.5 Å². The standard InChI is InChI=1S/C25H32FN3OS/c1-28(25-27-24-7-3-2-6-21(24)19-31-25)23-12-15-29(16-13-23)14-4-5-17-30-18-20-8-10-22(26)11-9-20/h2-3,6-11,23H,4-5,12-19H2,1H3. The largest absolute Gasteiger partial charge is 0.377 e. The molecule has 2 aliphatic heterocycles. The first-order valence-corrected chi connectivity index (χ1v) is 12.2. The quantitative estimate of drug-likeness (QED) is 0.509. The third kappa shape index (κ3) is 6.31. The van der Waals surface area contributed by atoms with Gasteiger partial charge in [-0.2, -0.15) is 0 Å². The summed E-state index contributed by atoms with van der Waals surface area (Å²) < 4.78 is 18.6. The first kappa shape index (κ1) is 22.3. The number of hydrogen-bond donors (Lipinski definition) is 0. The van der Waals surface area contributed by atoms with E-state index in [-0.39, 0.29) is 5.82 Å². The van der Waals surface area contributed by atoms with E-state index in [1.165, 1.54) is 30.5 Å². The second-order valence-electron chi connectivity index (χ2n) is 8.38. The van der Waals surface area contributed by atoms with Crippen molar-refractivity contribution in [1.82, 2.24) is 9.80 Å². The van der Waals surface area contributed by atoms with Crippen molar-refractivity contribution in [2.24, 2.45) is 4.99 Å². The summed E-state index contributed by atoms with van der Waals surface area (Å²) in [5, 5.41) is 1.16. The predicted octanol–water partition coefficient (Wildman–Crippen LogP) is 5.45. The second kappa shape index (κ2) is 11.1. The van der Waals surface area contributed by atoms with E-state index in [9.17, 15) is 4.39 Å². The molecule has 0 bridgehead atoms. The molecule has 0 amide bonds. The van der Waals surface area contributed by atoms with Gasteiger partial charge in [-0.05, 0) is 61.6 Å². The van der Waals surface area contributed by atoms with E-state index in [0.717, 1.165) is 61.3 Å². The van der Waals surface area contributed by atoms with Gasteiger partial charge in [-0.1, -0.05) is 42.1 Å². The Kier molecular flexibility index (Phi) is 8.00. The number of likely N-dealkylation sites (tertiary alicyclic amines) is 1. The van der Waals surface area contributed by atoms with E-state index in [0.29, 0.717) is 12.6 Å². The lowest BCUT2D eigenvalue weighted by Gasteiger charge is -2.38. The summed E-state index contributed by atoms with van der Waals surface area (Å²) in [5.41, 5.74) is 3.49. The number of thioether (sulfide) groups is 1. The van der Waals surface area contributed by atoms with Crippen molar-refractivity contribution in [1.29, 1.82) is 0 Å². The SMILES string of the molecule is CN(C1=Nc2ccccc2CS1)C1CCN(CCCCOCc2ccc(F)cc2)CC1. The smallest absolute Gasteiger partial charge is 0.164 e. The van der Waals surface area contributed by atoms with Gasteiger partial charge in [-0.15, -0.1) is 0 Å². The van der Waals surface area contributed by atoms with Gasteiger partial charge in [0.15, 0.2) is 5.17 Å². The summed E-state index contributed by atoms with van der Waals surface area (Å²) in [6, 6.07) is 15.6. The van der Waals surface area contributed by atoms with Crippen LogP contribution in [0.3, 0.4) is 0 Å². The van der Waals surface area contributed by atoms with Crippen LogP contribution >= 0.6 is 11.8 Å². The van der Waals surface area contributed by atoms with Crippen molar-refractivity contribution in [2.75, 3.05) is 33.3 Å². The fourth-order valence-electron chi connectivity index (χ4n) is 4.20. The van der Waals surface area contributed by atoms with Crippen molar-refractivity contribution < 1.29 is 9.13 Å². The lowest BCUT2D eigenvalue weighted by Crippen LogP contribution is -2.45. The Hall–Kier alpha value is -1.89. The summed E-state index contributed by atoms with van der Waals surface area (Å²) in [4.78, 5) is 9.89. The van der Waals surface area contributed by atoms with Crippen molar-refractivity contribution in [2.45, 2.75) is 44.1 Å². The van der Waals surface area contributed by atoms with Gasteiger partial charge < -0.3 is 14.5 Å². The first-order valence-electron chi connectivity index (χ1n) is 11.3. The second-order valence-corrected chi connectivity index (χ2v) is 9.32. The molecule has 2 aromatic carbocycles. The summed E-state index contributed by atoms with van der Waals surface area (Å²) in [5.74, 6) is 0.816. The van der Waals surface area contributed by atoms with E-state index in [2.05, 4.69) is 41.1 Å². The Morgan fingerprint density at radius 1 is 1.10 bits per heavy atom. The average molecular weight is 442 g/mol. The lowest BCUT2D eigenvalue weighted by molar-refractivity contribution is 0.110. The fraction of sp³-hybridized carbons (Fsp3) is 0.480. The van der Waals surface area contributed by atoms with Crippen LogP contribution in [0.5, 0.6) is 0 Å². The highest BCUT2D eigenvalue weighted by Crippen LogP contribution is 2.32. The van der Waals surface area contributed by atoms with Crippen LogP contribution in [-0.4, -0.2) is 54.3 Å². The molecule has 1 fully saturated rings. The third-order valence-electron chi connectivity index (χ3n) is 6.17. The minimum Gasteiger partial charge on any atom is -0.377 e. The maximum Gasteiger partial charge on any atom is 0.164 e. The molecule has 166 valence electrons. The van der Waals surface area contributed by atoms with Gasteiger partial charge in [0.1, 0.15) is 5.82 Å². The molecule has 0 unspecified atom stereocenters. The number of halogens is 1. The molecule has 2 aromatic rings. The number of ether oxygens (including phenoxy) is 1. The molecular weight excluding hydrogens is 409 g/mol. The maximum absolute atomic E-state index is 12.9. The van der Waals surface area contributed by atoms with Crippen LogP contribution in [0.25, 0.3) is 0 Å². The van der Waals surface area contributed by atoms with Crippen molar-refractivity contribution in [3.63, 3.8) is 0 Å². The van der Waals surface area contributed by atoms with Gasteiger partial charge in [0, 0.05) is 38.5 Å².